The molecule has 19 heavy (non-hydrogen) atoms. The zero-order valence-corrected chi connectivity index (χ0v) is 13.3. The average molecular weight is 282 g/mol. The van der Waals surface area contributed by atoms with E-state index in [4.69, 9.17) is 4.74 Å². The fourth-order valence-electron chi connectivity index (χ4n) is 1.45. The van der Waals surface area contributed by atoms with Crippen LogP contribution in [0.25, 0.3) is 0 Å². The Morgan fingerprint density at radius 3 is 2.68 bits per heavy atom. The molecule has 0 spiro atoms. The monoisotopic (exact) mass is 282 g/mol. The molecule has 0 amide bonds. The Kier molecular flexibility index (Phi) is 7.24. The second kappa shape index (κ2) is 8.43. The molecule has 0 radical (unpaired) electrons. The molecule has 0 aliphatic heterocycles. The molecule has 1 rings (SSSR count). The van der Waals surface area contributed by atoms with Crippen molar-refractivity contribution in [2.24, 2.45) is 0 Å². The highest BCUT2D eigenvalue weighted by Crippen LogP contribution is 2.11. The molecule has 0 aliphatic rings. The quantitative estimate of drug-likeness (QED) is 0.740. The van der Waals surface area contributed by atoms with Crippen LogP contribution in [0.2, 0.25) is 0 Å². The van der Waals surface area contributed by atoms with Gasteiger partial charge in [0.15, 0.2) is 0 Å². The van der Waals surface area contributed by atoms with Gasteiger partial charge in [0, 0.05) is 12.1 Å². The molecule has 0 aliphatic carbocycles. The van der Waals surface area contributed by atoms with Gasteiger partial charge in [-0.3, -0.25) is 4.98 Å². The summed E-state index contributed by atoms with van der Waals surface area (Å²) in [6, 6.07) is 4.02. The van der Waals surface area contributed by atoms with E-state index in [-0.39, 0.29) is 5.54 Å². The van der Waals surface area contributed by atoms with Crippen LogP contribution in [0.1, 0.15) is 39.8 Å². The summed E-state index contributed by atoms with van der Waals surface area (Å²) in [5, 5.41) is 3.42. The van der Waals surface area contributed by atoms with E-state index in [0.717, 1.165) is 36.8 Å². The van der Waals surface area contributed by atoms with E-state index in [9.17, 15) is 0 Å². The van der Waals surface area contributed by atoms with Gasteiger partial charge < -0.3 is 10.1 Å². The Morgan fingerprint density at radius 1 is 1.32 bits per heavy atom. The molecule has 0 saturated carbocycles. The first-order valence-electron chi connectivity index (χ1n) is 6.92. The fourth-order valence-corrected chi connectivity index (χ4v) is 2.06. The van der Waals surface area contributed by atoms with E-state index in [0.29, 0.717) is 0 Å². The molecule has 4 heteroatoms. The maximum Gasteiger partial charge on any atom is 0.137 e. The van der Waals surface area contributed by atoms with Crippen molar-refractivity contribution in [3.8, 4) is 5.75 Å². The summed E-state index contributed by atoms with van der Waals surface area (Å²) in [4.78, 5) is 4.40. The maximum absolute atomic E-state index is 5.66. The van der Waals surface area contributed by atoms with Crippen LogP contribution < -0.4 is 10.1 Å². The first-order valence-corrected chi connectivity index (χ1v) is 8.07. The molecule has 0 saturated heterocycles. The Morgan fingerprint density at radius 2 is 2.11 bits per heavy atom. The maximum atomic E-state index is 5.66. The molecular weight excluding hydrogens is 256 g/mol. The highest BCUT2D eigenvalue weighted by Gasteiger charge is 2.08. The lowest BCUT2D eigenvalue weighted by atomic mass is 10.1. The molecule has 1 aromatic rings. The number of aromatic nitrogens is 1. The molecule has 0 unspecified atom stereocenters. The fraction of sp³-hybridized carbons (Fsp3) is 0.667. The molecule has 0 bridgehead atoms. The predicted molar refractivity (Wildman–Crippen MR) is 83.9 cm³/mol. The Bertz CT molecular complexity index is 346. The van der Waals surface area contributed by atoms with Crippen molar-refractivity contribution in [2.45, 2.75) is 46.2 Å². The van der Waals surface area contributed by atoms with Crippen LogP contribution in [0, 0.1) is 0 Å². The summed E-state index contributed by atoms with van der Waals surface area (Å²) in [5.41, 5.74) is 1.16. The molecule has 0 atom stereocenters. The van der Waals surface area contributed by atoms with Crippen LogP contribution in [0.5, 0.6) is 5.75 Å². The summed E-state index contributed by atoms with van der Waals surface area (Å²) in [5.74, 6) is 3.20. The highest BCUT2D eigenvalue weighted by molar-refractivity contribution is 7.99. The Balaban J connectivity index is 2.27. The third kappa shape index (κ3) is 8.11. The predicted octanol–water partition coefficient (Wildman–Crippen LogP) is 3.49. The number of thioether (sulfide) groups is 1. The minimum absolute atomic E-state index is 0.119. The van der Waals surface area contributed by atoms with Crippen molar-refractivity contribution in [3.05, 3.63) is 24.0 Å². The zero-order chi connectivity index (χ0) is 14.1. The summed E-state index contributed by atoms with van der Waals surface area (Å²) in [6.07, 6.45) is 2.90. The van der Waals surface area contributed by atoms with Crippen molar-refractivity contribution < 1.29 is 4.74 Å². The summed E-state index contributed by atoms with van der Waals surface area (Å²) in [6.45, 7) is 10.2. The first kappa shape index (κ1) is 16.3. The van der Waals surface area contributed by atoms with Crippen LogP contribution in [0.15, 0.2) is 18.3 Å². The van der Waals surface area contributed by atoms with Crippen molar-refractivity contribution in [1.29, 1.82) is 0 Å². The van der Waals surface area contributed by atoms with E-state index in [1.165, 1.54) is 5.75 Å². The highest BCUT2D eigenvalue weighted by atomic mass is 32.2. The van der Waals surface area contributed by atoms with Gasteiger partial charge in [0.05, 0.1) is 18.5 Å². The van der Waals surface area contributed by atoms with Gasteiger partial charge in [-0.2, -0.15) is 11.8 Å². The minimum Gasteiger partial charge on any atom is -0.492 e. The number of nitrogens with zero attached hydrogens (tertiary/aromatic N) is 1. The van der Waals surface area contributed by atoms with Crippen LogP contribution in [0.3, 0.4) is 0 Å². The van der Waals surface area contributed by atoms with E-state index in [1.54, 1.807) is 0 Å². The molecule has 1 heterocycles. The number of hydrogen-bond acceptors (Lipinski definition) is 4. The molecule has 108 valence electrons. The van der Waals surface area contributed by atoms with E-state index >= 15 is 0 Å². The lowest BCUT2D eigenvalue weighted by molar-refractivity contribution is 0.317. The molecule has 0 aromatic carbocycles. The lowest BCUT2D eigenvalue weighted by Gasteiger charge is -2.20. The molecular formula is C15H26N2OS. The van der Waals surface area contributed by atoms with Crippen molar-refractivity contribution >= 4 is 11.8 Å². The number of hydrogen-bond donors (Lipinski definition) is 1. The molecule has 3 nitrogen and oxygen atoms in total. The third-order valence-corrected chi connectivity index (χ3v) is 3.49. The number of pyridine rings is 1. The van der Waals surface area contributed by atoms with Crippen LogP contribution in [-0.2, 0) is 6.54 Å². The molecule has 0 fully saturated rings. The lowest BCUT2D eigenvalue weighted by Crippen LogP contribution is -2.35. The Hall–Kier alpha value is -0.740. The summed E-state index contributed by atoms with van der Waals surface area (Å²) >= 11 is 1.95. The van der Waals surface area contributed by atoms with Crippen molar-refractivity contribution in [1.82, 2.24) is 10.3 Å². The normalized spacial score (nSPS) is 11.6. The SMILES string of the molecule is CCSCCCOc1ccc(CNC(C)(C)C)nc1. The number of rotatable bonds is 8. The van der Waals surface area contributed by atoms with Crippen LogP contribution in [-0.4, -0.2) is 28.6 Å². The van der Waals surface area contributed by atoms with Gasteiger partial charge in [-0.1, -0.05) is 6.92 Å². The smallest absolute Gasteiger partial charge is 0.137 e. The van der Waals surface area contributed by atoms with Gasteiger partial charge in [0.1, 0.15) is 5.75 Å². The summed E-state index contributed by atoms with van der Waals surface area (Å²) < 4.78 is 5.66. The van der Waals surface area contributed by atoms with Crippen LogP contribution >= 0.6 is 11.8 Å². The minimum atomic E-state index is 0.119. The van der Waals surface area contributed by atoms with Gasteiger partial charge in [-0.25, -0.2) is 0 Å². The first-order chi connectivity index (χ1) is 9.01. The largest absolute Gasteiger partial charge is 0.492 e. The third-order valence-electron chi connectivity index (χ3n) is 2.50. The van der Waals surface area contributed by atoms with E-state index < -0.39 is 0 Å². The standard InChI is InChI=1S/C15H26N2OS/c1-5-19-10-6-9-18-14-8-7-13(16-12-14)11-17-15(2,3)4/h7-8,12,17H,5-6,9-11H2,1-4H3. The zero-order valence-electron chi connectivity index (χ0n) is 12.5. The van der Waals surface area contributed by atoms with Crippen LogP contribution in [0.4, 0.5) is 0 Å². The van der Waals surface area contributed by atoms with E-state index in [2.05, 4.69) is 38.0 Å². The number of ether oxygens (including phenoxy) is 1. The number of nitrogens with one attached hydrogen (secondary N) is 1. The molecule has 1 N–H and O–H groups in total. The summed E-state index contributed by atoms with van der Waals surface area (Å²) in [7, 11) is 0. The van der Waals surface area contributed by atoms with E-state index in [1.807, 2.05) is 30.1 Å². The van der Waals surface area contributed by atoms with Crippen molar-refractivity contribution in [3.63, 3.8) is 0 Å². The van der Waals surface area contributed by atoms with Crippen molar-refractivity contribution in [2.75, 3.05) is 18.1 Å². The van der Waals surface area contributed by atoms with Gasteiger partial charge >= 0.3 is 0 Å². The second-order valence-electron chi connectivity index (χ2n) is 5.49. The topological polar surface area (TPSA) is 34.1 Å². The Labute approximate surface area is 121 Å². The molecule has 1 aromatic heterocycles. The van der Waals surface area contributed by atoms with Gasteiger partial charge in [0.25, 0.3) is 0 Å². The average Bonchev–Trinajstić information content (AvgIpc) is 2.37. The second-order valence-corrected chi connectivity index (χ2v) is 6.88. The van der Waals surface area contributed by atoms with Gasteiger partial charge in [-0.05, 0) is 50.8 Å². The van der Waals surface area contributed by atoms with Gasteiger partial charge in [-0.15, -0.1) is 0 Å². The van der Waals surface area contributed by atoms with Gasteiger partial charge in [0.2, 0.25) is 0 Å².